The minimum atomic E-state index is -0.462. The van der Waals surface area contributed by atoms with E-state index in [0.717, 1.165) is 16.5 Å². The van der Waals surface area contributed by atoms with Gasteiger partial charge in [-0.15, -0.1) is 0 Å². The van der Waals surface area contributed by atoms with Crippen LogP contribution in [0.5, 0.6) is 0 Å². The van der Waals surface area contributed by atoms with Gasteiger partial charge in [0.2, 0.25) is 0 Å². The minimum Gasteiger partial charge on any atom is -0.299 e. The average Bonchev–Trinajstić information content (AvgIpc) is 2.74. The number of fused-ring (bicyclic) bond motifs is 1. The summed E-state index contributed by atoms with van der Waals surface area (Å²) in [6.07, 6.45) is 0.982. The molecular weight excluding hydrogens is 330 g/mol. The monoisotopic (exact) mass is 343 g/mol. The van der Waals surface area contributed by atoms with Crippen molar-refractivity contribution >= 4 is 33.3 Å². The summed E-state index contributed by atoms with van der Waals surface area (Å²) in [5, 5.41) is 0. The zero-order chi connectivity index (χ0) is 15.0. The minimum absolute atomic E-state index is 0.407. The molecule has 2 aromatic rings. The Morgan fingerprint density at radius 3 is 2.33 bits per heavy atom. The third-order valence-electron chi connectivity index (χ3n) is 3.71. The zero-order valence-electron chi connectivity index (χ0n) is 11.6. The lowest BCUT2D eigenvalue weighted by Crippen LogP contribution is -2.29. The van der Waals surface area contributed by atoms with Crippen LogP contribution in [0.3, 0.4) is 0 Å². The number of nitrogens with zero attached hydrogens (tertiary/aromatic N) is 1. The summed E-state index contributed by atoms with van der Waals surface area (Å²) in [7, 11) is 0. The van der Waals surface area contributed by atoms with Crippen LogP contribution in [0.25, 0.3) is 0 Å². The van der Waals surface area contributed by atoms with E-state index in [1.54, 1.807) is 17.0 Å². The lowest BCUT2D eigenvalue weighted by molar-refractivity contribution is -0.114. The van der Waals surface area contributed by atoms with Crippen molar-refractivity contribution in [2.24, 2.45) is 0 Å². The third-order valence-corrected chi connectivity index (χ3v) is 4.35. The fraction of sp³-hybridized carbons (Fsp3) is 0.176. The van der Waals surface area contributed by atoms with Crippen molar-refractivity contribution in [3.05, 3.63) is 63.6 Å². The number of Topliss-reactive ketones (excluding diaryl/α,β-unsaturated/α-hetero) is 1. The van der Waals surface area contributed by atoms with Gasteiger partial charge in [0, 0.05) is 4.47 Å². The Labute approximate surface area is 131 Å². The molecule has 0 radical (unpaired) electrons. The Bertz CT molecular complexity index is 722. The first-order valence-corrected chi connectivity index (χ1v) is 7.63. The number of carbonyl (C=O) groups is 2. The summed E-state index contributed by atoms with van der Waals surface area (Å²) in [6.45, 7) is 2.51. The Morgan fingerprint density at radius 1 is 1.00 bits per heavy atom. The number of para-hydroxylation sites is 1. The van der Waals surface area contributed by atoms with Crippen LogP contribution in [0.15, 0.2) is 46.9 Å². The van der Waals surface area contributed by atoms with Gasteiger partial charge in [0.05, 0.1) is 17.8 Å². The summed E-state index contributed by atoms with van der Waals surface area (Å²) in [6, 6.07) is 13.4. The van der Waals surface area contributed by atoms with E-state index in [2.05, 4.69) is 35.0 Å². The predicted octanol–water partition coefficient (Wildman–Crippen LogP) is 3.74. The molecule has 1 aliphatic heterocycles. The Balaban J connectivity index is 1.96. The van der Waals surface area contributed by atoms with Crippen LogP contribution in [0.2, 0.25) is 0 Å². The first kappa shape index (κ1) is 14.0. The van der Waals surface area contributed by atoms with Crippen molar-refractivity contribution in [1.29, 1.82) is 0 Å². The summed E-state index contributed by atoms with van der Waals surface area (Å²) in [5.41, 5.74) is 3.41. The zero-order valence-corrected chi connectivity index (χ0v) is 13.2. The number of halogens is 1. The average molecular weight is 344 g/mol. The Kier molecular flexibility index (Phi) is 3.64. The van der Waals surface area contributed by atoms with Gasteiger partial charge >= 0.3 is 0 Å². The van der Waals surface area contributed by atoms with E-state index in [4.69, 9.17) is 0 Å². The SMILES string of the molecule is CCc1ccc(CN2C(=O)C(=O)c3cccc(Br)c32)cc1. The molecule has 0 unspecified atom stereocenters. The van der Waals surface area contributed by atoms with Crippen molar-refractivity contribution in [1.82, 2.24) is 0 Å². The van der Waals surface area contributed by atoms with Crippen molar-refractivity contribution in [2.45, 2.75) is 19.9 Å². The van der Waals surface area contributed by atoms with Gasteiger partial charge in [-0.3, -0.25) is 14.5 Å². The van der Waals surface area contributed by atoms with Gasteiger partial charge in [0.25, 0.3) is 11.7 Å². The summed E-state index contributed by atoms with van der Waals surface area (Å²) in [5.74, 6) is -0.895. The van der Waals surface area contributed by atoms with Crippen LogP contribution in [-0.4, -0.2) is 11.7 Å². The molecule has 0 aliphatic carbocycles. The second-order valence-corrected chi connectivity index (χ2v) is 5.88. The van der Waals surface area contributed by atoms with E-state index in [0.29, 0.717) is 17.8 Å². The fourth-order valence-electron chi connectivity index (χ4n) is 2.53. The number of hydrogen-bond donors (Lipinski definition) is 0. The molecule has 0 aromatic heterocycles. The molecule has 21 heavy (non-hydrogen) atoms. The van der Waals surface area contributed by atoms with E-state index >= 15 is 0 Å². The smallest absolute Gasteiger partial charge is 0.299 e. The van der Waals surface area contributed by atoms with Crippen molar-refractivity contribution in [3.63, 3.8) is 0 Å². The highest BCUT2D eigenvalue weighted by Gasteiger charge is 2.36. The van der Waals surface area contributed by atoms with Gasteiger partial charge in [-0.25, -0.2) is 0 Å². The molecule has 1 aliphatic rings. The van der Waals surface area contributed by atoms with Gasteiger partial charge in [-0.1, -0.05) is 37.3 Å². The molecule has 1 amide bonds. The van der Waals surface area contributed by atoms with Gasteiger partial charge in [-0.2, -0.15) is 0 Å². The highest BCUT2D eigenvalue weighted by atomic mass is 79.9. The number of ketones is 1. The maximum absolute atomic E-state index is 12.2. The summed E-state index contributed by atoms with van der Waals surface area (Å²) >= 11 is 3.43. The second kappa shape index (κ2) is 5.45. The first-order valence-electron chi connectivity index (χ1n) is 6.84. The van der Waals surface area contributed by atoms with E-state index in [1.807, 2.05) is 18.2 Å². The number of carbonyl (C=O) groups excluding carboxylic acids is 2. The molecule has 0 saturated carbocycles. The van der Waals surface area contributed by atoms with Crippen LogP contribution in [0.4, 0.5) is 5.69 Å². The van der Waals surface area contributed by atoms with Gasteiger partial charge < -0.3 is 0 Å². The topological polar surface area (TPSA) is 37.4 Å². The van der Waals surface area contributed by atoms with Crippen LogP contribution < -0.4 is 4.90 Å². The Hall–Kier alpha value is -1.94. The lowest BCUT2D eigenvalue weighted by atomic mass is 10.1. The molecule has 0 bridgehead atoms. The van der Waals surface area contributed by atoms with Gasteiger partial charge in [0.15, 0.2) is 0 Å². The third kappa shape index (κ3) is 2.40. The van der Waals surface area contributed by atoms with Crippen LogP contribution in [0, 0.1) is 0 Å². The Morgan fingerprint density at radius 2 is 1.67 bits per heavy atom. The largest absolute Gasteiger partial charge is 0.299 e. The van der Waals surface area contributed by atoms with Crippen LogP contribution >= 0.6 is 15.9 Å². The maximum atomic E-state index is 12.2. The molecule has 0 fully saturated rings. The van der Waals surface area contributed by atoms with E-state index in [-0.39, 0.29) is 0 Å². The van der Waals surface area contributed by atoms with Crippen LogP contribution in [-0.2, 0) is 17.8 Å². The fourth-order valence-corrected chi connectivity index (χ4v) is 3.11. The second-order valence-electron chi connectivity index (χ2n) is 5.03. The van der Waals surface area contributed by atoms with E-state index in [1.165, 1.54) is 5.56 Å². The molecule has 1 heterocycles. The molecule has 3 nitrogen and oxygen atoms in total. The molecule has 0 N–H and O–H groups in total. The van der Waals surface area contributed by atoms with E-state index < -0.39 is 11.7 Å². The maximum Gasteiger partial charge on any atom is 0.299 e. The van der Waals surface area contributed by atoms with E-state index in [9.17, 15) is 9.59 Å². The quantitative estimate of drug-likeness (QED) is 0.796. The molecule has 0 saturated heterocycles. The number of anilines is 1. The normalized spacial score (nSPS) is 13.7. The van der Waals surface area contributed by atoms with Crippen molar-refractivity contribution in [2.75, 3.05) is 4.90 Å². The molecule has 2 aromatic carbocycles. The molecule has 3 rings (SSSR count). The highest BCUT2D eigenvalue weighted by molar-refractivity contribution is 9.10. The number of aryl methyl sites for hydroxylation is 1. The first-order chi connectivity index (χ1) is 10.1. The number of hydrogen-bond acceptors (Lipinski definition) is 2. The molecular formula is C17H14BrNO2. The molecule has 0 spiro atoms. The van der Waals surface area contributed by atoms with Crippen molar-refractivity contribution in [3.8, 4) is 0 Å². The number of benzene rings is 2. The predicted molar refractivity (Wildman–Crippen MR) is 85.5 cm³/mol. The van der Waals surface area contributed by atoms with Gasteiger partial charge in [-0.05, 0) is 45.6 Å². The number of rotatable bonds is 3. The summed E-state index contributed by atoms with van der Waals surface area (Å²) in [4.78, 5) is 25.8. The van der Waals surface area contributed by atoms with Gasteiger partial charge in [0.1, 0.15) is 0 Å². The highest BCUT2D eigenvalue weighted by Crippen LogP contribution is 2.36. The van der Waals surface area contributed by atoms with Crippen LogP contribution in [0.1, 0.15) is 28.4 Å². The molecule has 106 valence electrons. The van der Waals surface area contributed by atoms with Crippen molar-refractivity contribution < 1.29 is 9.59 Å². The number of amides is 1. The molecule has 4 heteroatoms. The standard InChI is InChI=1S/C17H14BrNO2/c1-2-11-6-8-12(9-7-11)10-19-15-13(16(20)17(19)21)4-3-5-14(15)18/h3-9H,2,10H2,1H3. The lowest BCUT2D eigenvalue weighted by Gasteiger charge is -2.18. The molecule has 0 atom stereocenters. The summed E-state index contributed by atoms with van der Waals surface area (Å²) < 4.78 is 0.768.